The fourth-order valence-corrected chi connectivity index (χ4v) is 2.68. The summed E-state index contributed by atoms with van der Waals surface area (Å²) >= 11 is 0. The van der Waals surface area contributed by atoms with Crippen molar-refractivity contribution in [2.45, 2.75) is 26.4 Å². The molecule has 0 saturated heterocycles. The van der Waals surface area contributed by atoms with Crippen LogP contribution in [0.25, 0.3) is 0 Å². The van der Waals surface area contributed by atoms with E-state index < -0.39 is 13.2 Å². The molecule has 0 radical (unpaired) electrons. The molecule has 1 aromatic carbocycles. The van der Waals surface area contributed by atoms with Crippen LogP contribution in [-0.4, -0.2) is 56.9 Å². The standard InChI is InChI=1S/C16H24BNO5/c1-5-21-15(19)10-14-16-11(2)8-12(22-7-6-18(3)4)9-13(16)17(20)23-14/h8-9,14,20H,5-7,10H2,1-4H3. The molecule has 0 saturated carbocycles. The van der Waals surface area contributed by atoms with E-state index in [1.54, 1.807) is 13.0 Å². The fourth-order valence-electron chi connectivity index (χ4n) is 2.68. The van der Waals surface area contributed by atoms with Gasteiger partial charge in [0.15, 0.2) is 0 Å². The van der Waals surface area contributed by atoms with E-state index >= 15 is 0 Å². The predicted octanol–water partition coefficient (Wildman–Crippen LogP) is 0.647. The summed E-state index contributed by atoms with van der Waals surface area (Å²) in [6, 6.07) is 3.70. The molecule has 7 heteroatoms. The molecule has 0 aliphatic carbocycles. The average molecular weight is 321 g/mol. The summed E-state index contributed by atoms with van der Waals surface area (Å²) in [6.07, 6.45) is -0.380. The zero-order valence-electron chi connectivity index (χ0n) is 14.2. The number of carbonyl (C=O) groups is 1. The molecule has 1 aliphatic rings. The summed E-state index contributed by atoms with van der Waals surface area (Å²) in [5.41, 5.74) is 2.46. The van der Waals surface area contributed by atoms with Crippen molar-refractivity contribution < 1.29 is 23.9 Å². The molecule has 126 valence electrons. The first-order valence-corrected chi connectivity index (χ1v) is 7.83. The van der Waals surface area contributed by atoms with Crippen LogP contribution in [0.2, 0.25) is 0 Å². The lowest BCUT2D eigenvalue weighted by Crippen LogP contribution is -2.28. The number of aryl methyl sites for hydroxylation is 1. The van der Waals surface area contributed by atoms with Crippen LogP contribution in [0.5, 0.6) is 5.75 Å². The third-order valence-corrected chi connectivity index (χ3v) is 3.74. The van der Waals surface area contributed by atoms with Crippen molar-refractivity contribution in [1.29, 1.82) is 0 Å². The number of hydrogen-bond acceptors (Lipinski definition) is 6. The maximum atomic E-state index is 11.7. The molecule has 2 rings (SSSR count). The second-order valence-electron chi connectivity index (χ2n) is 5.88. The largest absolute Gasteiger partial charge is 0.492 e. The minimum atomic E-state index is -1.04. The van der Waals surface area contributed by atoms with Gasteiger partial charge in [0.25, 0.3) is 0 Å². The summed E-state index contributed by atoms with van der Waals surface area (Å²) in [5, 5.41) is 10.1. The van der Waals surface area contributed by atoms with Crippen LogP contribution in [0.3, 0.4) is 0 Å². The van der Waals surface area contributed by atoms with Gasteiger partial charge in [0.05, 0.1) is 19.1 Å². The monoisotopic (exact) mass is 321 g/mol. The maximum absolute atomic E-state index is 11.7. The SMILES string of the molecule is CCOC(=O)CC1OB(O)c2cc(OCCN(C)C)cc(C)c21. The van der Waals surface area contributed by atoms with E-state index in [1.807, 2.05) is 32.0 Å². The molecule has 1 aromatic rings. The molecule has 1 N–H and O–H groups in total. The Morgan fingerprint density at radius 2 is 2.17 bits per heavy atom. The van der Waals surface area contributed by atoms with Crippen molar-refractivity contribution in [3.8, 4) is 5.75 Å². The Morgan fingerprint density at radius 3 is 2.83 bits per heavy atom. The van der Waals surface area contributed by atoms with Gasteiger partial charge in [0, 0.05) is 6.54 Å². The van der Waals surface area contributed by atoms with Crippen molar-refractivity contribution in [3.63, 3.8) is 0 Å². The molecule has 0 aromatic heterocycles. The van der Waals surface area contributed by atoms with Crippen LogP contribution >= 0.6 is 0 Å². The third-order valence-electron chi connectivity index (χ3n) is 3.74. The van der Waals surface area contributed by atoms with E-state index in [0.717, 1.165) is 17.7 Å². The molecule has 6 nitrogen and oxygen atoms in total. The minimum Gasteiger partial charge on any atom is -0.492 e. The van der Waals surface area contributed by atoms with Gasteiger partial charge in [-0.25, -0.2) is 0 Å². The van der Waals surface area contributed by atoms with Gasteiger partial charge in [0.2, 0.25) is 0 Å². The van der Waals surface area contributed by atoms with Gasteiger partial charge in [-0.1, -0.05) is 0 Å². The van der Waals surface area contributed by atoms with Gasteiger partial charge < -0.3 is 24.1 Å². The third kappa shape index (κ3) is 4.47. The van der Waals surface area contributed by atoms with Gasteiger partial charge in [0.1, 0.15) is 12.4 Å². The van der Waals surface area contributed by atoms with Crippen LogP contribution in [-0.2, 0) is 14.2 Å². The van der Waals surface area contributed by atoms with E-state index in [0.29, 0.717) is 24.4 Å². The quantitative estimate of drug-likeness (QED) is 0.587. The second kappa shape index (κ2) is 7.81. The van der Waals surface area contributed by atoms with Crippen LogP contribution < -0.4 is 10.2 Å². The molecule has 23 heavy (non-hydrogen) atoms. The van der Waals surface area contributed by atoms with Crippen molar-refractivity contribution in [3.05, 3.63) is 23.3 Å². The highest BCUT2D eigenvalue weighted by Gasteiger charge is 2.38. The Labute approximate surface area is 137 Å². The van der Waals surface area contributed by atoms with Crippen LogP contribution in [0.1, 0.15) is 30.6 Å². The number of ether oxygens (including phenoxy) is 2. The van der Waals surface area contributed by atoms with Crippen molar-refractivity contribution >= 4 is 18.6 Å². The zero-order valence-corrected chi connectivity index (χ0v) is 14.2. The smallest absolute Gasteiger partial charge is 0.492 e. The number of hydrogen-bond donors (Lipinski definition) is 1. The van der Waals surface area contributed by atoms with Crippen LogP contribution in [0, 0.1) is 6.92 Å². The number of esters is 1. The number of benzene rings is 1. The molecular formula is C16H24BNO5. The van der Waals surface area contributed by atoms with E-state index in [9.17, 15) is 9.82 Å². The first kappa shape index (κ1) is 17.8. The van der Waals surface area contributed by atoms with E-state index in [1.165, 1.54) is 0 Å². The first-order chi connectivity index (χ1) is 10.9. The fraction of sp³-hybridized carbons (Fsp3) is 0.562. The number of fused-ring (bicyclic) bond motifs is 1. The van der Waals surface area contributed by atoms with Gasteiger partial charge in [-0.3, -0.25) is 4.79 Å². The molecule has 0 amide bonds. The molecule has 1 aliphatic heterocycles. The summed E-state index contributed by atoms with van der Waals surface area (Å²) in [4.78, 5) is 13.7. The van der Waals surface area contributed by atoms with E-state index in [4.69, 9.17) is 14.1 Å². The van der Waals surface area contributed by atoms with Gasteiger partial charge in [-0.2, -0.15) is 0 Å². The lowest BCUT2D eigenvalue weighted by Gasteiger charge is -2.15. The average Bonchev–Trinajstić information content (AvgIpc) is 2.75. The molecule has 0 bridgehead atoms. The zero-order chi connectivity index (χ0) is 17.0. The highest BCUT2D eigenvalue weighted by atomic mass is 16.5. The lowest BCUT2D eigenvalue weighted by molar-refractivity contribution is -0.145. The summed E-state index contributed by atoms with van der Waals surface area (Å²) in [6.45, 7) is 5.39. The van der Waals surface area contributed by atoms with Gasteiger partial charge >= 0.3 is 13.1 Å². The van der Waals surface area contributed by atoms with Crippen LogP contribution in [0.4, 0.5) is 0 Å². The Kier molecular flexibility index (Phi) is 6.04. The molecule has 0 fully saturated rings. The van der Waals surface area contributed by atoms with Gasteiger partial charge in [-0.15, -0.1) is 0 Å². The van der Waals surface area contributed by atoms with Gasteiger partial charge in [-0.05, 0) is 56.7 Å². The summed E-state index contributed by atoms with van der Waals surface area (Å²) in [5.74, 6) is 0.366. The predicted molar refractivity (Wildman–Crippen MR) is 87.9 cm³/mol. The maximum Gasteiger partial charge on any atom is 0.492 e. The summed E-state index contributed by atoms with van der Waals surface area (Å²) < 4.78 is 16.2. The van der Waals surface area contributed by atoms with Crippen molar-refractivity contribution in [2.24, 2.45) is 0 Å². The van der Waals surface area contributed by atoms with E-state index in [2.05, 4.69) is 0 Å². The second-order valence-corrected chi connectivity index (χ2v) is 5.88. The lowest BCUT2D eigenvalue weighted by atomic mass is 9.77. The van der Waals surface area contributed by atoms with Crippen LogP contribution in [0.15, 0.2) is 12.1 Å². The Balaban J connectivity index is 2.13. The Bertz CT molecular complexity index is 564. The Morgan fingerprint density at radius 1 is 1.43 bits per heavy atom. The Hall–Kier alpha value is -1.57. The van der Waals surface area contributed by atoms with Crippen molar-refractivity contribution in [2.75, 3.05) is 33.9 Å². The molecule has 1 unspecified atom stereocenters. The summed E-state index contributed by atoms with van der Waals surface area (Å²) in [7, 11) is 2.92. The van der Waals surface area contributed by atoms with E-state index in [-0.39, 0.29) is 12.4 Å². The molecule has 0 spiro atoms. The first-order valence-electron chi connectivity index (χ1n) is 7.83. The number of nitrogens with zero attached hydrogens (tertiary/aromatic N) is 1. The molecular weight excluding hydrogens is 297 g/mol. The highest BCUT2D eigenvalue weighted by molar-refractivity contribution is 6.62. The molecule has 1 atom stereocenters. The number of likely N-dealkylation sites (N-methyl/N-ethyl adjacent to an activating group) is 1. The highest BCUT2D eigenvalue weighted by Crippen LogP contribution is 2.32. The molecule has 1 heterocycles. The van der Waals surface area contributed by atoms with Crippen molar-refractivity contribution in [1.82, 2.24) is 4.90 Å². The number of rotatable bonds is 7. The minimum absolute atomic E-state index is 0.0968. The topological polar surface area (TPSA) is 68.2 Å². The normalized spacial score (nSPS) is 16.6. The number of carbonyl (C=O) groups excluding carboxylic acids is 1.